The van der Waals surface area contributed by atoms with Crippen LogP contribution in [0.1, 0.15) is 65.8 Å². The van der Waals surface area contributed by atoms with E-state index in [1.165, 1.54) is 0 Å². The summed E-state index contributed by atoms with van der Waals surface area (Å²) in [6, 6.07) is 8.89. The highest BCUT2D eigenvalue weighted by Crippen LogP contribution is 2.41. The molecule has 2 saturated heterocycles. The van der Waals surface area contributed by atoms with E-state index < -0.39 is 9.84 Å². The van der Waals surface area contributed by atoms with Crippen LogP contribution in [0.2, 0.25) is 0 Å². The predicted octanol–water partition coefficient (Wildman–Crippen LogP) is 3.36. The van der Waals surface area contributed by atoms with E-state index in [1.807, 2.05) is 25.1 Å². The Hall–Kier alpha value is -3.27. The zero-order valence-corrected chi connectivity index (χ0v) is 20.3. The maximum atomic E-state index is 13.5. The second kappa shape index (κ2) is 8.15. The first-order valence-corrected chi connectivity index (χ1v) is 13.9. The average Bonchev–Trinajstić information content (AvgIpc) is 3.38. The lowest BCUT2D eigenvalue weighted by Gasteiger charge is -2.16. The number of pyridine rings is 1. The number of fused-ring (bicyclic) bond motifs is 1. The highest BCUT2D eigenvalue weighted by atomic mass is 32.2. The van der Waals surface area contributed by atoms with Crippen LogP contribution in [0.3, 0.4) is 0 Å². The third-order valence-electron chi connectivity index (χ3n) is 7.16. The van der Waals surface area contributed by atoms with E-state index in [-0.39, 0.29) is 29.4 Å². The van der Waals surface area contributed by atoms with Crippen LogP contribution < -0.4 is 10.2 Å². The molecule has 1 N–H and O–H groups in total. The van der Waals surface area contributed by atoms with Crippen molar-refractivity contribution >= 4 is 44.1 Å². The Morgan fingerprint density at radius 2 is 1.91 bits per heavy atom. The molecule has 1 saturated carbocycles. The highest BCUT2D eigenvalue weighted by Gasteiger charge is 2.34. The number of hydrogen-bond donors (Lipinski definition) is 1. The molecule has 10 heteroatoms. The van der Waals surface area contributed by atoms with E-state index in [0.29, 0.717) is 46.7 Å². The number of rotatable bonds is 5. The van der Waals surface area contributed by atoms with Gasteiger partial charge in [-0.15, -0.1) is 0 Å². The molecule has 3 fully saturated rings. The number of nitrogens with one attached hydrogen (secondary N) is 1. The van der Waals surface area contributed by atoms with E-state index in [2.05, 4.69) is 10.4 Å². The fourth-order valence-corrected chi connectivity index (χ4v) is 6.86. The largest absolute Gasteiger partial charge is 0.322 e. The van der Waals surface area contributed by atoms with Gasteiger partial charge in [0.25, 0.3) is 5.91 Å². The summed E-state index contributed by atoms with van der Waals surface area (Å²) in [6.45, 7) is 2.55. The van der Waals surface area contributed by atoms with E-state index in [1.54, 1.807) is 21.7 Å². The number of anilines is 2. The Kier molecular flexibility index (Phi) is 5.17. The molecule has 182 valence electrons. The molecular formula is C25H27N5O4S. The molecule has 3 aromatic rings. The standard InChI is InChI=1S/C25H27N5O4S/c1-15-23-20(25(32)26-17-6-8-18(9-7-17)29-11-2-3-22(29)31)13-21(16-4-5-16)27-24(23)30(28-15)19-10-12-35(33,34)14-19/h6-9,13,16,19H,2-5,10-12,14H2,1H3,(H,26,32)/t19-/m0/s1. The first-order valence-electron chi connectivity index (χ1n) is 12.1. The van der Waals surface area contributed by atoms with E-state index >= 15 is 0 Å². The van der Waals surface area contributed by atoms with E-state index in [0.717, 1.165) is 37.2 Å². The highest BCUT2D eigenvalue weighted by molar-refractivity contribution is 7.91. The molecule has 9 nitrogen and oxygen atoms in total. The second-order valence-corrected chi connectivity index (χ2v) is 12.0. The average molecular weight is 494 g/mol. The molecule has 0 bridgehead atoms. The molecule has 0 radical (unpaired) electrons. The molecule has 1 aromatic carbocycles. The normalized spacial score (nSPS) is 21.7. The molecule has 35 heavy (non-hydrogen) atoms. The number of carbonyl (C=O) groups is 2. The molecule has 2 amide bonds. The lowest BCUT2D eigenvalue weighted by atomic mass is 10.1. The van der Waals surface area contributed by atoms with Gasteiger partial charge in [-0.25, -0.2) is 18.1 Å². The predicted molar refractivity (Wildman–Crippen MR) is 133 cm³/mol. The summed E-state index contributed by atoms with van der Waals surface area (Å²) in [5, 5.41) is 8.29. The summed E-state index contributed by atoms with van der Waals surface area (Å²) in [5.41, 5.74) is 4.06. The first-order chi connectivity index (χ1) is 16.8. The Morgan fingerprint density at radius 1 is 1.14 bits per heavy atom. The van der Waals surface area contributed by atoms with Crippen molar-refractivity contribution in [3.8, 4) is 0 Å². The van der Waals surface area contributed by atoms with Crippen molar-refractivity contribution in [2.75, 3.05) is 28.3 Å². The van der Waals surface area contributed by atoms with Gasteiger partial charge in [-0.3, -0.25) is 9.59 Å². The number of hydrogen-bond acceptors (Lipinski definition) is 6. The molecule has 3 aliphatic rings. The van der Waals surface area contributed by atoms with Crippen LogP contribution in [0.4, 0.5) is 11.4 Å². The van der Waals surface area contributed by atoms with Gasteiger partial charge in [0.2, 0.25) is 5.91 Å². The maximum absolute atomic E-state index is 13.5. The minimum Gasteiger partial charge on any atom is -0.322 e. The van der Waals surface area contributed by atoms with Crippen molar-refractivity contribution in [3.63, 3.8) is 0 Å². The summed E-state index contributed by atoms with van der Waals surface area (Å²) in [7, 11) is -3.09. The van der Waals surface area contributed by atoms with E-state index in [4.69, 9.17) is 4.98 Å². The Bertz CT molecular complexity index is 1460. The second-order valence-electron chi connectivity index (χ2n) is 9.80. The monoisotopic (exact) mass is 493 g/mol. The Labute approximate surface area is 203 Å². The quantitative estimate of drug-likeness (QED) is 0.583. The number of aromatic nitrogens is 3. The van der Waals surface area contributed by atoms with Gasteiger partial charge < -0.3 is 10.2 Å². The molecule has 2 aromatic heterocycles. The number of benzene rings is 1. The Morgan fingerprint density at radius 3 is 2.54 bits per heavy atom. The van der Waals surface area contributed by atoms with E-state index in [9.17, 15) is 18.0 Å². The van der Waals surface area contributed by atoms with Crippen molar-refractivity contribution in [3.05, 3.63) is 47.3 Å². The number of nitrogens with zero attached hydrogens (tertiary/aromatic N) is 4. The smallest absolute Gasteiger partial charge is 0.256 e. The van der Waals surface area contributed by atoms with Crippen molar-refractivity contribution < 1.29 is 18.0 Å². The fourth-order valence-electron chi connectivity index (χ4n) is 5.17. The summed E-state index contributed by atoms with van der Waals surface area (Å²) >= 11 is 0. The van der Waals surface area contributed by atoms with Crippen LogP contribution in [0.5, 0.6) is 0 Å². The van der Waals surface area contributed by atoms with Gasteiger partial charge in [0.1, 0.15) is 0 Å². The van der Waals surface area contributed by atoms with Crippen LogP contribution in [-0.4, -0.2) is 53.0 Å². The van der Waals surface area contributed by atoms with Crippen LogP contribution >= 0.6 is 0 Å². The van der Waals surface area contributed by atoms with Gasteiger partial charge >= 0.3 is 0 Å². The van der Waals surface area contributed by atoms with Gasteiger partial charge in [-0.1, -0.05) is 0 Å². The van der Waals surface area contributed by atoms with Gasteiger partial charge in [0, 0.05) is 36.0 Å². The van der Waals surface area contributed by atoms with Gasteiger partial charge in [0.15, 0.2) is 15.5 Å². The van der Waals surface area contributed by atoms with Crippen molar-refractivity contribution in [2.45, 2.75) is 51.0 Å². The molecule has 4 heterocycles. The minimum atomic E-state index is -3.09. The number of sulfone groups is 1. The summed E-state index contributed by atoms with van der Waals surface area (Å²) in [6.07, 6.45) is 3.99. The van der Waals surface area contributed by atoms with Crippen LogP contribution in [-0.2, 0) is 14.6 Å². The molecule has 1 atom stereocenters. The number of amides is 2. The topological polar surface area (TPSA) is 114 Å². The summed E-state index contributed by atoms with van der Waals surface area (Å²) in [5.74, 6) is 0.375. The Balaban J connectivity index is 1.34. The summed E-state index contributed by atoms with van der Waals surface area (Å²) in [4.78, 5) is 32.1. The SMILES string of the molecule is Cc1nn([C@H]2CCS(=O)(=O)C2)c2nc(C3CC3)cc(C(=O)Nc3ccc(N4CCCC4=O)cc3)c12. The molecular weight excluding hydrogens is 466 g/mol. The zero-order chi connectivity index (χ0) is 24.3. The third-order valence-corrected chi connectivity index (χ3v) is 8.91. The van der Waals surface area contributed by atoms with Crippen LogP contribution in [0, 0.1) is 6.92 Å². The van der Waals surface area contributed by atoms with Gasteiger partial charge in [0.05, 0.1) is 34.2 Å². The molecule has 0 spiro atoms. The molecule has 1 aliphatic carbocycles. The van der Waals surface area contributed by atoms with Crippen molar-refractivity contribution in [1.82, 2.24) is 14.8 Å². The fraction of sp³-hybridized carbons (Fsp3) is 0.440. The number of carbonyl (C=O) groups excluding carboxylic acids is 2. The van der Waals surface area contributed by atoms with Gasteiger partial charge in [-0.2, -0.15) is 5.10 Å². The number of aryl methyl sites for hydroxylation is 1. The third kappa shape index (κ3) is 4.09. The van der Waals surface area contributed by atoms with Crippen LogP contribution in [0.15, 0.2) is 30.3 Å². The van der Waals surface area contributed by atoms with Gasteiger partial charge in [-0.05, 0) is 62.9 Å². The van der Waals surface area contributed by atoms with Crippen LogP contribution in [0.25, 0.3) is 11.0 Å². The summed E-state index contributed by atoms with van der Waals surface area (Å²) < 4.78 is 25.9. The van der Waals surface area contributed by atoms with Crippen molar-refractivity contribution in [1.29, 1.82) is 0 Å². The minimum absolute atomic E-state index is 0.0476. The first kappa shape index (κ1) is 22.2. The lowest BCUT2D eigenvalue weighted by molar-refractivity contribution is -0.117. The lowest BCUT2D eigenvalue weighted by Crippen LogP contribution is -2.23. The zero-order valence-electron chi connectivity index (χ0n) is 19.5. The molecule has 2 aliphatic heterocycles. The van der Waals surface area contributed by atoms with Crippen molar-refractivity contribution in [2.24, 2.45) is 0 Å². The molecule has 6 rings (SSSR count). The maximum Gasteiger partial charge on any atom is 0.256 e. The molecule has 0 unspecified atom stereocenters.